The second kappa shape index (κ2) is 6.89. The molecule has 2 aromatic carbocycles. The number of aromatic amines is 1. The Hall–Kier alpha value is -2.33. The predicted molar refractivity (Wildman–Crippen MR) is 102 cm³/mol. The quantitative estimate of drug-likeness (QED) is 0.731. The lowest BCUT2D eigenvalue weighted by Crippen LogP contribution is -2.30. The van der Waals surface area contributed by atoms with Crippen LogP contribution in [0.4, 0.5) is 5.13 Å². The Morgan fingerprint density at radius 3 is 2.36 bits per heavy atom. The summed E-state index contributed by atoms with van der Waals surface area (Å²) in [5.41, 5.74) is 9.81. The molecule has 1 fully saturated rings. The van der Waals surface area contributed by atoms with Crippen LogP contribution in [0.2, 0.25) is 0 Å². The molecule has 4 heteroatoms. The number of benzene rings is 2. The summed E-state index contributed by atoms with van der Waals surface area (Å²) in [6, 6.07) is 18.9. The number of H-pyrrole nitrogens is 1. The Bertz CT molecular complexity index is 821. The van der Waals surface area contributed by atoms with Crippen LogP contribution in [0.3, 0.4) is 0 Å². The van der Waals surface area contributed by atoms with E-state index in [0.717, 1.165) is 10.9 Å². The number of nitrogens with one attached hydrogen (secondary N) is 1. The standard InChI is InChI=1S/C21H22N2OS/c22-20-23-19(15-25-20)21(12-4-5-13-21)17-8-10-18(11-9-17)24-14-16-6-2-1-3-7-16/h1-3,6-11,15H,4-5,12-14H2,(H2,22,23)/p+1. The topological polar surface area (TPSA) is 49.4 Å². The molecule has 128 valence electrons. The molecule has 0 atom stereocenters. The number of thiazole rings is 1. The summed E-state index contributed by atoms with van der Waals surface area (Å²) < 4.78 is 5.93. The molecule has 3 N–H and O–H groups in total. The zero-order valence-corrected chi connectivity index (χ0v) is 15.0. The summed E-state index contributed by atoms with van der Waals surface area (Å²) in [6.07, 6.45) is 4.86. The normalized spacial score (nSPS) is 16.0. The van der Waals surface area contributed by atoms with Gasteiger partial charge in [0.2, 0.25) is 0 Å². The second-order valence-electron chi connectivity index (χ2n) is 6.73. The highest BCUT2D eigenvalue weighted by molar-refractivity contribution is 7.13. The summed E-state index contributed by atoms with van der Waals surface area (Å²) >= 11 is 1.59. The van der Waals surface area contributed by atoms with Gasteiger partial charge in [0.1, 0.15) is 18.1 Å². The number of nitrogens with two attached hydrogens (primary N) is 1. The Labute approximate surface area is 152 Å². The van der Waals surface area contributed by atoms with Gasteiger partial charge in [-0.2, -0.15) is 0 Å². The highest BCUT2D eigenvalue weighted by Crippen LogP contribution is 2.45. The maximum atomic E-state index is 5.95. The van der Waals surface area contributed by atoms with Crippen LogP contribution in [0.1, 0.15) is 42.5 Å². The molecule has 0 saturated heterocycles. The van der Waals surface area contributed by atoms with Crippen LogP contribution in [0.15, 0.2) is 60.0 Å². The number of rotatable bonds is 5. The van der Waals surface area contributed by atoms with Gasteiger partial charge in [-0.25, -0.2) is 4.98 Å². The average molecular weight is 351 g/mol. The minimum absolute atomic E-state index is 0.0755. The van der Waals surface area contributed by atoms with Crippen LogP contribution in [-0.2, 0) is 12.0 Å². The van der Waals surface area contributed by atoms with Crippen LogP contribution >= 0.6 is 11.3 Å². The number of hydrogen-bond acceptors (Lipinski definition) is 3. The van der Waals surface area contributed by atoms with Crippen molar-refractivity contribution in [2.45, 2.75) is 37.7 Å². The van der Waals surface area contributed by atoms with Gasteiger partial charge in [0.15, 0.2) is 0 Å². The maximum Gasteiger partial charge on any atom is 0.329 e. The summed E-state index contributed by atoms with van der Waals surface area (Å²) in [7, 11) is 0. The summed E-state index contributed by atoms with van der Waals surface area (Å²) in [6.45, 7) is 0.597. The van der Waals surface area contributed by atoms with E-state index in [1.807, 2.05) is 18.2 Å². The summed E-state index contributed by atoms with van der Waals surface area (Å²) in [4.78, 5) is 3.38. The van der Waals surface area contributed by atoms with E-state index >= 15 is 0 Å². The lowest BCUT2D eigenvalue weighted by atomic mass is 9.76. The van der Waals surface area contributed by atoms with E-state index < -0.39 is 0 Å². The van der Waals surface area contributed by atoms with Gasteiger partial charge in [0.25, 0.3) is 0 Å². The molecule has 1 saturated carbocycles. The van der Waals surface area contributed by atoms with Gasteiger partial charge >= 0.3 is 5.13 Å². The maximum absolute atomic E-state index is 5.95. The molecule has 1 aliphatic rings. The highest BCUT2D eigenvalue weighted by Gasteiger charge is 2.41. The second-order valence-corrected chi connectivity index (χ2v) is 7.64. The monoisotopic (exact) mass is 351 g/mol. The van der Waals surface area contributed by atoms with Crippen molar-refractivity contribution in [1.82, 2.24) is 0 Å². The number of anilines is 1. The van der Waals surface area contributed by atoms with Crippen molar-refractivity contribution in [3.63, 3.8) is 0 Å². The predicted octanol–water partition coefficient (Wildman–Crippen LogP) is 4.58. The van der Waals surface area contributed by atoms with Crippen molar-refractivity contribution in [3.8, 4) is 5.75 Å². The molecule has 4 rings (SSSR count). The third-order valence-corrected chi connectivity index (χ3v) is 5.90. The fourth-order valence-corrected chi connectivity index (χ4v) is 4.55. The van der Waals surface area contributed by atoms with Gasteiger partial charge in [-0.15, -0.1) is 0 Å². The Balaban J connectivity index is 1.54. The summed E-state index contributed by atoms with van der Waals surface area (Å²) in [5, 5.41) is 2.96. The van der Waals surface area contributed by atoms with Gasteiger partial charge < -0.3 is 4.74 Å². The Morgan fingerprint density at radius 2 is 1.72 bits per heavy atom. The molecule has 0 unspecified atom stereocenters. The molecule has 0 aliphatic heterocycles. The van der Waals surface area contributed by atoms with Crippen molar-refractivity contribution in [1.29, 1.82) is 0 Å². The van der Waals surface area contributed by atoms with Crippen molar-refractivity contribution in [2.24, 2.45) is 0 Å². The molecule has 3 aromatic rings. The van der Waals surface area contributed by atoms with Crippen LogP contribution in [0, 0.1) is 0 Å². The highest BCUT2D eigenvalue weighted by atomic mass is 32.1. The largest absolute Gasteiger partial charge is 0.489 e. The van der Waals surface area contributed by atoms with E-state index in [0.29, 0.717) is 6.61 Å². The van der Waals surface area contributed by atoms with Crippen molar-refractivity contribution in [2.75, 3.05) is 5.73 Å². The Kier molecular flexibility index (Phi) is 4.45. The zero-order chi connectivity index (χ0) is 17.1. The van der Waals surface area contributed by atoms with Crippen LogP contribution in [-0.4, -0.2) is 0 Å². The van der Waals surface area contributed by atoms with Gasteiger partial charge in [0.05, 0.1) is 5.41 Å². The number of ether oxygens (including phenoxy) is 1. The SMILES string of the molecule is Nc1[nH+]c(C2(c3ccc(OCc4ccccc4)cc3)CCCC2)cs1. The number of nitrogen functional groups attached to an aromatic ring is 1. The van der Waals surface area contributed by atoms with E-state index in [1.165, 1.54) is 42.5 Å². The molecule has 1 aliphatic carbocycles. The molecule has 0 radical (unpaired) electrons. The van der Waals surface area contributed by atoms with Crippen LogP contribution in [0.25, 0.3) is 0 Å². The number of aromatic nitrogens is 1. The van der Waals surface area contributed by atoms with E-state index in [-0.39, 0.29) is 5.41 Å². The molecular weight excluding hydrogens is 328 g/mol. The van der Waals surface area contributed by atoms with Crippen molar-refractivity contribution >= 4 is 16.5 Å². The lowest BCUT2D eigenvalue weighted by Gasteiger charge is -2.26. The van der Waals surface area contributed by atoms with Gasteiger partial charge in [-0.1, -0.05) is 66.6 Å². The molecule has 1 aromatic heterocycles. The van der Waals surface area contributed by atoms with E-state index in [9.17, 15) is 0 Å². The van der Waals surface area contributed by atoms with E-state index in [2.05, 4.69) is 46.8 Å². The molecule has 0 amide bonds. The minimum atomic E-state index is 0.0755. The van der Waals surface area contributed by atoms with Crippen molar-refractivity contribution in [3.05, 3.63) is 76.8 Å². The molecule has 3 nitrogen and oxygen atoms in total. The van der Waals surface area contributed by atoms with Crippen molar-refractivity contribution < 1.29 is 9.72 Å². The lowest BCUT2D eigenvalue weighted by molar-refractivity contribution is -0.373. The fourth-order valence-electron chi connectivity index (χ4n) is 3.85. The first kappa shape index (κ1) is 16.2. The van der Waals surface area contributed by atoms with Gasteiger partial charge in [-0.3, -0.25) is 5.73 Å². The van der Waals surface area contributed by atoms with Crippen LogP contribution < -0.4 is 15.5 Å². The smallest absolute Gasteiger partial charge is 0.329 e. The van der Waals surface area contributed by atoms with E-state index in [4.69, 9.17) is 10.5 Å². The summed E-state index contributed by atoms with van der Waals surface area (Å²) in [5.74, 6) is 0.912. The Morgan fingerprint density at radius 1 is 1.00 bits per heavy atom. The molecule has 25 heavy (non-hydrogen) atoms. The first-order valence-electron chi connectivity index (χ1n) is 8.80. The molecular formula is C21H23N2OS+. The van der Waals surface area contributed by atoms with E-state index in [1.54, 1.807) is 11.3 Å². The average Bonchev–Trinajstić information content (AvgIpc) is 3.31. The third kappa shape index (κ3) is 3.27. The van der Waals surface area contributed by atoms with Gasteiger partial charge in [0, 0.05) is 5.38 Å². The first-order chi connectivity index (χ1) is 12.3. The third-order valence-electron chi connectivity index (χ3n) is 5.19. The fraction of sp³-hybridized carbons (Fsp3) is 0.286. The van der Waals surface area contributed by atoms with Gasteiger partial charge in [-0.05, 0) is 36.1 Å². The molecule has 0 spiro atoms. The van der Waals surface area contributed by atoms with Crippen LogP contribution in [0.5, 0.6) is 5.75 Å². The number of hydrogen-bond donors (Lipinski definition) is 1. The molecule has 1 heterocycles. The molecule has 0 bridgehead atoms. The first-order valence-corrected chi connectivity index (χ1v) is 9.68. The zero-order valence-electron chi connectivity index (χ0n) is 14.2. The minimum Gasteiger partial charge on any atom is -0.489 e.